The van der Waals surface area contributed by atoms with Gasteiger partial charge in [-0.15, -0.1) is 0 Å². The molecule has 3 N–H and O–H groups in total. The van der Waals surface area contributed by atoms with E-state index in [-0.39, 0.29) is 16.8 Å². The van der Waals surface area contributed by atoms with E-state index in [1.165, 1.54) is 12.6 Å². The first-order chi connectivity index (χ1) is 9.03. The highest BCUT2D eigenvalue weighted by molar-refractivity contribution is 7.89. The molecule has 0 aliphatic heterocycles. The summed E-state index contributed by atoms with van der Waals surface area (Å²) in [6.45, 7) is 2.68. The summed E-state index contributed by atoms with van der Waals surface area (Å²) in [4.78, 5) is 0.103. The molecule has 0 aromatic carbocycles. The van der Waals surface area contributed by atoms with Crippen molar-refractivity contribution in [2.75, 3.05) is 5.73 Å². The number of nitrogens with zero attached hydrogens (tertiary/aromatic N) is 2. The lowest BCUT2D eigenvalue weighted by molar-refractivity contribution is 0.412. The van der Waals surface area contributed by atoms with Crippen molar-refractivity contribution < 1.29 is 8.42 Å². The molecule has 0 atom stereocenters. The number of aromatic nitrogens is 2. The number of aryl methyl sites for hydroxylation is 1. The Hall–Kier alpha value is -1.08. The molecule has 0 saturated heterocycles. The molecule has 1 aromatic rings. The standard InChI is InChI=1S/C12H22N4O2S/c1-2-8-16-9-11(12(13)14-16)19(17,18)15-10-6-4-3-5-7-10/h9-10,15H,2-8H2,1H3,(H2,13,14). The number of anilines is 1. The minimum Gasteiger partial charge on any atom is -0.381 e. The average Bonchev–Trinajstić information content (AvgIpc) is 2.72. The molecule has 108 valence electrons. The van der Waals surface area contributed by atoms with Gasteiger partial charge in [0.25, 0.3) is 0 Å². The van der Waals surface area contributed by atoms with Gasteiger partial charge in [0.1, 0.15) is 4.90 Å². The highest BCUT2D eigenvalue weighted by atomic mass is 32.2. The van der Waals surface area contributed by atoms with Crippen LogP contribution in [0.1, 0.15) is 45.4 Å². The van der Waals surface area contributed by atoms with Gasteiger partial charge in [-0.3, -0.25) is 4.68 Å². The van der Waals surface area contributed by atoms with E-state index in [4.69, 9.17) is 5.73 Å². The molecule has 0 bridgehead atoms. The van der Waals surface area contributed by atoms with Gasteiger partial charge in [-0.1, -0.05) is 26.2 Å². The van der Waals surface area contributed by atoms with Crippen LogP contribution in [0.3, 0.4) is 0 Å². The summed E-state index contributed by atoms with van der Waals surface area (Å²) in [5.74, 6) is 0.0803. The topological polar surface area (TPSA) is 90.0 Å². The third-order valence-electron chi connectivity index (χ3n) is 3.42. The van der Waals surface area contributed by atoms with Crippen LogP contribution in [-0.2, 0) is 16.6 Å². The summed E-state index contributed by atoms with van der Waals surface area (Å²) in [6.07, 6.45) is 7.56. The van der Waals surface area contributed by atoms with Crippen molar-refractivity contribution in [3.63, 3.8) is 0 Å². The fourth-order valence-corrected chi connectivity index (χ4v) is 3.85. The maximum atomic E-state index is 12.3. The van der Waals surface area contributed by atoms with E-state index in [2.05, 4.69) is 9.82 Å². The number of hydrogen-bond acceptors (Lipinski definition) is 4. The van der Waals surface area contributed by atoms with Gasteiger partial charge in [0.05, 0.1) is 0 Å². The Bertz CT molecular complexity index is 518. The molecule has 1 fully saturated rings. The molecule has 6 nitrogen and oxygen atoms in total. The zero-order chi connectivity index (χ0) is 13.9. The second kappa shape index (κ2) is 5.92. The van der Waals surface area contributed by atoms with Crippen molar-refractivity contribution in [3.05, 3.63) is 6.20 Å². The summed E-state index contributed by atoms with van der Waals surface area (Å²) in [6, 6.07) is 0.0349. The SMILES string of the molecule is CCCn1cc(S(=O)(=O)NC2CCCCC2)c(N)n1. The normalized spacial score (nSPS) is 17.7. The third kappa shape index (κ3) is 3.48. The number of nitrogens with one attached hydrogen (secondary N) is 1. The molecule has 0 unspecified atom stereocenters. The van der Waals surface area contributed by atoms with Gasteiger partial charge < -0.3 is 5.73 Å². The first-order valence-electron chi connectivity index (χ1n) is 6.88. The molecule has 7 heteroatoms. The third-order valence-corrected chi connectivity index (χ3v) is 4.96. The smallest absolute Gasteiger partial charge is 0.246 e. The summed E-state index contributed by atoms with van der Waals surface area (Å²) in [5.41, 5.74) is 5.71. The van der Waals surface area contributed by atoms with Gasteiger partial charge >= 0.3 is 0 Å². The van der Waals surface area contributed by atoms with Gasteiger partial charge in [-0.05, 0) is 19.3 Å². The number of rotatable bonds is 5. The maximum absolute atomic E-state index is 12.3. The average molecular weight is 286 g/mol. The summed E-state index contributed by atoms with van der Waals surface area (Å²) >= 11 is 0. The molecule has 1 heterocycles. The van der Waals surface area contributed by atoms with Crippen LogP contribution in [0.2, 0.25) is 0 Å². The van der Waals surface area contributed by atoms with Crippen LogP contribution in [0.4, 0.5) is 5.82 Å². The van der Waals surface area contributed by atoms with Gasteiger partial charge in [0.15, 0.2) is 5.82 Å². The van der Waals surface area contributed by atoms with Crippen LogP contribution in [0.25, 0.3) is 0 Å². The van der Waals surface area contributed by atoms with Gasteiger partial charge in [0.2, 0.25) is 10.0 Å². The maximum Gasteiger partial charge on any atom is 0.246 e. The van der Waals surface area contributed by atoms with E-state index in [9.17, 15) is 8.42 Å². The monoisotopic (exact) mass is 286 g/mol. The summed E-state index contributed by atoms with van der Waals surface area (Å²) < 4.78 is 28.9. The van der Waals surface area contributed by atoms with Gasteiger partial charge in [0, 0.05) is 18.8 Å². The molecule has 2 rings (SSSR count). The van der Waals surface area contributed by atoms with Crippen LogP contribution in [0, 0.1) is 0 Å². The highest BCUT2D eigenvalue weighted by Gasteiger charge is 2.25. The van der Waals surface area contributed by atoms with E-state index < -0.39 is 10.0 Å². The minimum atomic E-state index is -3.55. The molecule has 1 aliphatic rings. The number of nitrogen functional groups attached to an aromatic ring is 1. The molecule has 1 saturated carbocycles. The predicted molar refractivity (Wildman–Crippen MR) is 74.1 cm³/mol. The van der Waals surface area contributed by atoms with Crippen molar-refractivity contribution >= 4 is 15.8 Å². The number of sulfonamides is 1. The molecule has 19 heavy (non-hydrogen) atoms. The minimum absolute atomic E-state index is 0.0349. The molecule has 1 aromatic heterocycles. The molecule has 0 spiro atoms. The van der Waals surface area contributed by atoms with Crippen molar-refractivity contribution in [2.45, 2.75) is 62.9 Å². The Morgan fingerprint density at radius 1 is 1.42 bits per heavy atom. The van der Waals surface area contributed by atoms with Crippen molar-refractivity contribution in [1.82, 2.24) is 14.5 Å². The van der Waals surface area contributed by atoms with E-state index in [0.29, 0.717) is 6.54 Å². The first-order valence-corrected chi connectivity index (χ1v) is 8.36. The Morgan fingerprint density at radius 3 is 2.74 bits per heavy atom. The van der Waals surface area contributed by atoms with Crippen LogP contribution in [-0.4, -0.2) is 24.2 Å². The van der Waals surface area contributed by atoms with Gasteiger partial charge in [-0.25, -0.2) is 13.1 Å². The Morgan fingerprint density at radius 2 is 2.11 bits per heavy atom. The zero-order valence-corrected chi connectivity index (χ0v) is 12.1. The summed E-state index contributed by atoms with van der Waals surface area (Å²) in [5, 5.41) is 4.04. The van der Waals surface area contributed by atoms with Gasteiger partial charge in [-0.2, -0.15) is 5.10 Å². The predicted octanol–water partition coefficient (Wildman–Crippen LogP) is 1.49. The molecular formula is C12H22N4O2S. The number of nitrogens with two attached hydrogens (primary N) is 1. The number of hydrogen-bond donors (Lipinski definition) is 2. The molecule has 1 aliphatic carbocycles. The van der Waals surface area contributed by atoms with E-state index in [1.807, 2.05) is 6.92 Å². The Balaban J connectivity index is 2.14. The lowest BCUT2D eigenvalue weighted by atomic mass is 9.96. The fraction of sp³-hybridized carbons (Fsp3) is 0.750. The van der Waals surface area contributed by atoms with Crippen LogP contribution in [0.5, 0.6) is 0 Å². The second-order valence-electron chi connectivity index (χ2n) is 5.10. The van der Waals surface area contributed by atoms with Crippen molar-refractivity contribution in [3.8, 4) is 0 Å². The second-order valence-corrected chi connectivity index (χ2v) is 6.78. The molecule has 0 radical (unpaired) electrons. The highest BCUT2D eigenvalue weighted by Crippen LogP contribution is 2.22. The largest absolute Gasteiger partial charge is 0.381 e. The van der Waals surface area contributed by atoms with E-state index in [1.54, 1.807) is 4.68 Å². The van der Waals surface area contributed by atoms with Crippen LogP contribution in [0.15, 0.2) is 11.1 Å². The zero-order valence-electron chi connectivity index (χ0n) is 11.3. The van der Waals surface area contributed by atoms with E-state index in [0.717, 1.165) is 32.1 Å². The first kappa shape index (κ1) is 14.3. The van der Waals surface area contributed by atoms with Crippen LogP contribution < -0.4 is 10.5 Å². The molecular weight excluding hydrogens is 264 g/mol. The Kier molecular flexibility index (Phi) is 4.46. The quantitative estimate of drug-likeness (QED) is 0.858. The van der Waals surface area contributed by atoms with Crippen molar-refractivity contribution in [1.29, 1.82) is 0 Å². The van der Waals surface area contributed by atoms with Crippen LogP contribution >= 0.6 is 0 Å². The van der Waals surface area contributed by atoms with E-state index >= 15 is 0 Å². The Labute approximate surface area is 114 Å². The fourth-order valence-electron chi connectivity index (χ4n) is 2.47. The lowest BCUT2D eigenvalue weighted by Crippen LogP contribution is -2.36. The summed E-state index contributed by atoms with van der Waals surface area (Å²) in [7, 11) is -3.55. The van der Waals surface area contributed by atoms with Crippen molar-refractivity contribution in [2.24, 2.45) is 0 Å². The lowest BCUT2D eigenvalue weighted by Gasteiger charge is -2.22. The molecule has 0 amide bonds.